The van der Waals surface area contributed by atoms with Crippen molar-refractivity contribution in [2.24, 2.45) is 0 Å². The van der Waals surface area contributed by atoms with Crippen LogP contribution in [0.5, 0.6) is 0 Å². The summed E-state index contributed by atoms with van der Waals surface area (Å²) in [6.07, 6.45) is 0. The first kappa shape index (κ1) is 13.2. The highest BCUT2D eigenvalue weighted by Gasteiger charge is 2.50. The van der Waals surface area contributed by atoms with Gasteiger partial charge in [0.05, 0.1) is 16.8 Å². The molecule has 1 N–H and O–H groups in total. The number of halogens is 4. The summed E-state index contributed by atoms with van der Waals surface area (Å²) in [7, 11) is 0. The number of carbonyl (C=O) groups is 1. The molecule has 1 aliphatic heterocycles. The molecule has 2 rings (SSSR count). The molecule has 1 aromatic carbocycles. The molecule has 92 valence electrons. The van der Waals surface area contributed by atoms with Crippen molar-refractivity contribution >= 4 is 58.0 Å². The SMILES string of the molecule is CC1NN(c2ccc(Cl)cc2Cl)C(=O)C1(Cl)Cl. The number of anilines is 1. The van der Waals surface area contributed by atoms with Crippen molar-refractivity contribution < 1.29 is 4.79 Å². The van der Waals surface area contributed by atoms with Crippen molar-refractivity contribution in [2.45, 2.75) is 17.3 Å². The van der Waals surface area contributed by atoms with Gasteiger partial charge in [0.25, 0.3) is 5.91 Å². The molecular weight excluding hydrogens is 306 g/mol. The van der Waals surface area contributed by atoms with Crippen molar-refractivity contribution in [1.29, 1.82) is 0 Å². The van der Waals surface area contributed by atoms with E-state index in [1.54, 1.807) is 25.1 Å². The monoisotopic (exact) mass is 312 g/mol. The minimum atomic E-state index is -1.50. The van der Waals surface area contributed by atoms with E-state index < -0.39 is 16.3 Å². The van der Waals surface area contributed by atoms with Crippen LogP contribution in [0.1, 0.15) is 6.92 Å². The first-order chi connectivity index (χ1) is 7.84. The van der Waals surface area contributed by atoms with Crippen LogP contribution in [-0.2, 0) is 4.79 Å². The second-order valence-electron chi connectivity index (χ2n) is 3.71. The van der Waals surface area contributed by atoms with Crippen molar-refractivity contribution in [3.05, 3.63) is 28.2 Å². The molecule has 3 nitrogen and oxygen atoms in total. The summed E-state index contributed by atoms with van der Waals surface area (Å²) in [5.74, 6) is -0.461. The Morgan fingerprint density at radius 3 is 2.47 bits per heavy atom. The van der Waals surface area contributed by atoms with E-state index in [1.165, 1.54) is 5.01 Å². The van der Waals surface area contributed by atoms with E-state index >= 15 is 0 Å². The van der Waals surface area contributed by atoms with Gasteiger partial charge in [-0.25, -0.2) is 10.4 Å². The van der Waals surface area contributed by atoms with Crippen LogP contribution < -0.4 is 10.4 Å². The topological polar surface area (TPSA) is 32.3 Å². The average Bonchev–Trinajstić information content (AvgIpc) is 2.43. The average molecular weight is 314 g/mol. The Kier molecular flexibility index (Phi) is 3.49. The smallest absolute Gasteiger partial charge is 0.269 e. The lowest BCUT2D eigenvalue weighted by atomic mass is 10.2. The van der Waals surface area contributed by atoms with Crippen molar-refractivity contribution in [3.8, 4) is 0 Å². The number of carbonyl (C=O) groups excluding carboxylic acids is 1. The maximum Gasteiger partial charge on any atom is 0.279 e. The van der Waals surface area contributed by atoms with Crippen molar-refractivity contribution in [1.82, 2.24) is 5.43 Å². The third kappa shape index (κ3) is 2.23. The van der Waals surface area contributed by atoms with Gasteiger partial charge in [-0.3, -0.25) is 4.79 Å². The number of benzene rings is 1. The minimum absolute atomic E-state index is 0.344. The van der Waals surface area contributed by atoms with Crippen LogP contribution in [0.2, 0.25) is 10.0 Å². The molecule has 0 spiro atoms. The van der Waals surface area contributed by atoms with E-state index in [4.69, 9.17) is 46.4 Å². The molecule has 1 heterocycles. The third-order valence-corrected chi connectivity index (χ3v) is 4.02. The molecule has 0 bridgehead atoms. The molecule has 1 aliphatic rings. The summed E-state index contributed by atoms with van der Waals surface area (Å²) >= 11 is 23.7. The van der Waals surface area contributed by atoms with E-state index in [-0.39, 0.29) is 0 Å². The Labute approximate surface area is 119 Å². The van der Waals surface area contributed by atoms with Crippen LogP contribution in [0.3, 0.4) is 0 Å². The van der Waals surface area contributed by atoms with Crippen molar-refractivity contribution in [2.75, 3.05) is 5.01 Å². The minimum Gasteiger partial charge on any atom is -0.269 e. The molecule has 1 aromatic rings. The highest BCUT2D eigenvalue weighted by Crippen LogP contribution is 2.37. The zero-order chi connectivity index (χ0) is 12.8. The van der Waals surface area contributed by atoms with Gasteiger partial charge in [-0.05, 0) is 25.1 Å². The normalized spacial score (nSPS) is 23.2. The first-order valence-electron chi connectivity index (χ1n) is 4.77. The number of amides is 1. The predicted molar refractivity (Wildman–Crippen MR) is 71.0 cm³/mol. The van der Waals surface area contributed by atoms with Gasteiger partial charge in [-0.1, -0.05) is 46.4 Å². The summed E-state index contributed by atoms with van der Waals surface area (Å²) in [5, 5.41) is 2.07. The molecule has 17 heavy (non-hydrogen) atoms. The van der Waals surface area contributed by atoms with Gasteiger partial charge in [-0.15, -0.1) is 0 Å². The standard InChI is InChI=1S/C10H8Cl4N2O/c1-5-10(13,14)9(17)16(15-5)8-3-2-6(11)4-7(8)12/h2-5,15H,1H3. The number of alkyl halides is 2. The number of hydrazine groups is 1. The lowest BCUT2D eigenvalue weighted by Gasteiger charge is -2.18. The molecule has 1 saturated heterocycles. The van der Waals surface area contributed by atoms with Crippen molar-refractivity contribution in [3.63, 3.8) is 0 Å². The number of hydrogen-bond acceptors (Lipinski definition) is 2. The molecule has 1 atom stereocenters. The fourth-order valence-electron chi connectivity index (χ4n) is 1.51. The molecule has 1 fully saturated rings. The van der Waals surface area contributed by atoms with Crippen LogP contribution in [-0.4, -0.2) is 16.3 Å². The fraction of sp³-hybridized carbons (Fsp3) is 0.300. The summed E-state index contributed by atoms with van der Waals surface area (Å²) < 4.78 is -1.50. The fourth-order valence-corrected chi connectivity index (χ4v) is 2.27. The number of hydrogen-bond donors (Lipinski definition) is 1. The second kappa shape index (κ2) is 4.48. The molecular formula is C10H8Cl4N2O. The van der Waals surface area contributed by atoms with Gasteiger partial charge in [0.15, 0.2) is 0 Å². The maximum atomic E-state index is 12.0. The Balaban J connectivity index is 2.40. The highest BCUT2D eigenvalue weighted by atomic mass is 35.5. The quantitative estimate of drug-likeness (QED) is 0.806. The van der Waals surface area contributed by atoms with Gasteiger partial charge >= 0.3 is 0 Å². The summed E-state index contributed by atoms with van der Waals surface area (Å²) in [6.45, 7) is 1.71. The summed E-state index contributed by atoms with van der Waals surface area (Å²) in [6, 6.07) is 4.38. The van der Waals surface area contributed by atoms with Gasteiger partial charge in [0.1, 0.15) is 0 Å². The van der Waals surface area contributed by atoms with Crippen LogP contribution in [0.25, 0.3) is 0 Å². The lowest BCUT2D eigenvalue weighted by molar-refractivity contribution is -0.117. The highest BCUT2D eigenvalue weighted by molar-refractivity contribution is 6.60. The Morgan fingerprint density at radius 1 is 1.35 bits per heavy atom. The van der Waals surface area contributed by atoms with Gasteiger partial charge in [0.2, 0.25) is 4.33 Å². The van der Waals surface area contributed by atoms with Gasteiger partial charge in [0, 0.05) is 5.02 Å². The first-order valence-corrected chi connectivity index (χ1v) is 6.29. The number of nitrogens with zero attached hydrogens (tertiary/aromatic N) is 1. The van der Waals surface area contributed by atoms with E-state index in [2.05, 4.69) is 5.43 Å². The van der Waals surface area contributed by atoms with E-state index in [0.717, 1.165) is 0 Å². The molecule has 0 radical (unpaired) electrons. The largest absolute Gasteiger partial charge is 0.279 e. The Morgan fingerprint density at radius 2 is 2.00 bits per heavy atom. The second-order valence-corrected chi connectivity index (χ2v) is 5.94. The zero-order valence-electron chi connectivity index (χ0n) is 8.68. The van der Waals surface area contributed by atoms with E-state index in [1.807, 2.05) is 0 Å². The zero-order valence-corrected chi connectivity index (χ0v) is 11.7. The van der Waals surface area contributed by atoms with Gasteiger partial charge in [-0.2, -0.15) is 0 Å². The maximum absolute atomic E-state index is 12.0. The molecule has 0 aromatic heterocycles. The lowest BCUT2D eigenvalue weighted by Crippen LogP contribution is -2.36. The summed E-state index contributed by atoms with van der Waals surface area (Å²) in [4.78, 5) is 12.0. The van der Waals surface area contributed by atoms with Gasteiger partial charge < -0.3 is 0 Å². The molecule has 7 heteroatoms. The Bertz CT molecular complexity index is 477. The van der Waals surface area contributed by atoms with Crippen LogP contribution in [0, 0.1) is 0 Å². The Hall–Kier alpha value is -0.190. The molecule has 1 unspecified atom stereocenters. The van der Waals surface area contributed by atoms with E-state index in [9.17, 15) is 4.79 Å². The third-order valence-electron chi connectivity index (χ3n) is 2.51. The van der Waals surface area contributed by atoms with Crippen LogP contribution >= 0.6 is 46.4 Å². The summed E-state index contributed by atoms with van der Waals surface area (Å²) in [5.41, 5.74) is 3.33. The van der Waals surface area contributed by atoms with Crippen LogP contribution in [0.4, 0.5) is 5.69 Å². The number of nitrogens with one attached hydrogen (secondary N) is 1. The predicted octanol–water partition coefficient (Wildman–Crippen LogP) is 3.41. The van der Waals surface area contributed by atoms with E-state index in [0.29, 0.717) is 15.7 Å². The molecule has 1 amide bonds. The molecule has 0 saturated carbocycles. The van der Waals surface area contributed by atoms with Crippen LogP contribution in [0.15, 0.2) is 18.2 Å². The number of rotatable bonds is 1. The molecule has 0 aliphatic carbocycles.